The van der Waals surface area contributed by atoms with Crippen LogP contribution in [0.3, 0.4) is 0 Å². The number of anilines is 1. The average Bonchev–Trinajstić information content (AvgIpc) is 2.65. The first kappa shape index (κ1) is 20.9. The van der Waals surface area contributed by atoms with Crippen LogP contribution in [-0.4, -0.2) is 39.8 Å². The third kappa shape index (κ3) is 5.05. The van der Waals surface area contributed by atoms with Crippen molar-refractivity contribution in [2.45, 2.75) is 0 Å². The van der Waals surface area contributed by atoms with Crippen LogP contribution in [0.15, 0.2) is 34.8 Å². The van der Waals surface area contributed by atoms with E-state index in [0.29, 0.717) is 20.9 Å². The van der Waals surface area contributed by atoms with Gasteiger partial charge in [-0.3, -0.25) is 4.79 Å². The molecule has 0 atom stereocenters. The van der Waals surface area contributed by atoms with E-state index in [-0.39, 0.29) is 17.1 Å². The van der Waals surface area contributed by atoms with Gasteiger partial charge in [-0.25, -0.2) is 4.79 Å². The van der Waals surface area contributed by atoms with E-state index in [4.69, 9.17) is 30.5 Å². The Morgan fingerprint density at radius 3 is 2.37 bits per heavy atom. The number of hydrogen-bond acceptors (Lipinski definition) is 6. The first-order chi connectivity index (χ1) is 12.9. The maximum Gasteiger partial charge on any atom is 0.340 e. The second-order valence-electron chi connectivity index (χ2n) is 5.14. The zero-order chi connectivity index (χ0) is 20.0. The molecular formula is C18H17BrClNO6. The summed E-state index contributed by atoms with van der Waals surface area (Å²) in [6.07, 6.45) is 0. The molecular weight excluding hydrogens is 442 g/mol. The van der Waals surface area contributed by atoms with Crippen molar-refractivity contribution in [2.75, 3.05) is 33.3 Å². The average molecular weight is 459 g/mol. The molecule has 1 amide bonds. The van der Waals surface area contributed by atoms with Crippen LogP contribution < -0.4 is 19.5 Å². The number of ether oxygens (including phenoxy) is 4. The first-order valence-electron chi connectivity index (χ1n) is 7.62. The Kier molecular flexibility index (Phi) is 7.32. The predicted molar refractivity (Wildman–Crippen MR) is 104 cm³/mol. The van der Waals surface area contributed by atoms with E-state index in [1.807, 2.05) is 0 Å². The van der Waals surface area contributed by atoms with E-state index in [1.165, 1.54) is 27.4 Å². The summed E-state index contributed by atoms with van der Waals surface area (Å²) in [5.41, 5.74) is 0.623. The number of hydrogen-bond donors (Lipinski definition) is 1. The SMILES string of the molecule is COc1cc(C(=O)OCC(=O)Nc2cccc(Cl)c2)c(Br)c(OC)c1OC. The molecule has 0 radical (unpaired) electrons. The molecule has 0 aliphatic heterocycles. The van der Waals surface area contributed by atoms with E-state index < -0.39 is 18.5 Å². The number of carbonyl (C=O) groups excluding carboxylic acids is 2. The predicted octanol–water partition coefficient (Wildman–Crippen LogP) is 3.92. The third-order valence-electron chi connectivity index (χ3n) is 3.43. The van der Waals surface area contributed by atoms with Crippen molar-refractivity contribution < 1.29 is 28.5 Å². The molecule has 0 aliphatic rings. The Labute approximate surface area is 169 Å². The van der Waals surface area contributed by atoms with Crippen molar-refractivity contribution in [3.8, 4) is 17.2 Å². The lowest BCUT2D eigenvalue weighted by atomic mass is 10.2. The van der Waals surface area contributed by atoms with Gasteiger partial charge in [0, 0.05) is 10.7 Å². The summed E-state index contributed by atoms with van der Waals surface area (Å²) in [4.78, 5) is 24.4. The number of esters is 1. The van der Waals surface area contributed by atoms with Gasteiger partial charge in [0.15, 0.2) is 18.1 Å². The highest BCUT2D eigenvalue weighted by Gasteiger charge is 2.24. The van der Waals surface area contributed by atoms with Gasteiger partial charge < -0.3 is 24.3 Å². The Morgan fingerprint density at radius 2 is 1.78 bits per heavy atom. The van der Waals surface area contributed by atoms with Crippen LogP contribution >= 0.6 is 27.5 Å². The van der Waals surface area contributed by atoms with Crippen LogP contribution in [0.2, 0.25) is 5.02 Å². The summed E-state index contributed by atoms with van der Waals surface area (Å²) in [6.45, 7) is -0.478. The van der Waals surface area contributed by atoms with Gasteiger partial charge in [0.25, 0.3) is 5.91 Å². The maximum atomic E-state index is 12.4. The molecule has 0 fully saturated rings. The summed E-state index contributed by atoms with van der Waals surface area (Å²) in [5, 5.41) is 3.06. The first-order valence-corrected chi connectivity index (χ1v) is 8.79. The van der Waals surface area contributed by atoms with Crippen LogP contribution in [0.1, 0.15) is 10.4 Å². The number of halogens is 2. The zero-order valence-corrected chi connectivity index (χ0v) is 17.1. The highest BCUT2D eigenvalue weighted by atomic mass is 79.9. The monoisotopic (exact) mass is 457 g/mol. The molecule has 2 aromatic carbocycles. The van der Waals surface area contributed by atoms with Crippen LogP contribution in [0.25, 0.3) is 0 Å². The molecule has 7 nitrogen and oxygen atoms in total. The molecule has 9 heteroatoms. The van der Waals surface area contributed by atoms with Gasteiger partial charge in [0.2, 0.25) is 5.75 Å². The van der Waals surface area contributed by atoms with Gasteiger partial charge >= 0.3 is 5.97 Å². The van der Waals surface area contributed by atoms with Crippen LogP contribution in [0, 0.1) is 0 Å². The smallest absolute Gasteiger partial charge is 0.340 e. The molecule has 0 bridgehead atoms. The molecule has 27 heavy (non-hydrogen) atoms. The normalized spacial score (nSPS) is 10.1. The van der Waals surface area contributed by atoms with Gasteiger partial charge in [-0.15, -0.1) is 0 Å². The molecule has 0 aromatic heterocycles. The Morgan fingerprint density at radius 1 is 1.07 bits per heavy atom. The lowest BCUT2D eigenvalue weighted by Gasteiger charge is -2.16. The molecule has 2 aromatic rings. The van der Waals surface area contributed by atoms with Gasteiger partial charge in [0.1, 0.15) is 0 Å². The number of methoxy groups -OCH3 is 3. The minimum atomic E-state index is -0.734. The van der Waals surface area contributed by atoms with Crippen LogP contribution in [0.5, 0.6) is 17.2 Å². The minimum Gasteiger partial charge on any atom is -0.493 e. The van der Waals surface area contributed by atoms with Crippen molar-refractivity contribution in [1.29, 1.82) is 0 Å². The fourth-order valence-electron chi connectivity index (χ4n) is 2.24. The molecule has 0 aliphatic carbocycles. The molecule has 144 valence electrons. The second-order valence-corrected chi connectivity index (χ2v) is 6.37. The lowest BCUT2D eigenvalue weighted by molar-refractivity contribution is -0.119. The van der Waals surface area contributed by atoms with Crippen molar-refractivity contribution in [3.05, 3.63) is 45.4 Å². The number of carbonyl (C=O) groups is 2. The molecule has 0 heterocycles. The summed E-state index contributed by atoms with van der Waals surface area (Å²) >= 11 is 9.15. The number of benzene rings is 2. The van der Waals surface area contributed by atoms with Crippen molar-refractivity contribution in [3.63, 3.8) is 0 Å². The highest BCUT2D eigenvalue weighted by Crippen LogP contribution is 2.44. The number of nitrogens with one attached hydrogen (secondary N) is 1. The van der Waals surface area contributed by atoms with Gasteiger partial charge in [-0.2, -0.15) is 0 Å². The Balaban J connectivity index is 2.12. The molecule has 0 spiro atoms. The van der Waals surface area contributed by atoms with Gasteiger partial charge in [-0.1, -0.05) is 17.7 Å². The molecule has 1 N–H and O–H groups in total. The summed E-state index contributed by atoms with van der Waals surface area (Å²) in [7, 11) is 4.30. The van der Waals surface area contributed by atoms with Crippen molar-refractivity contribution >= 4 is 45.1 Å². The van der Waals surface area contributed by atoms with Gasteiger partial charge in [-0.05, 0) is 40.2 Å². The maximum absolute atomic E-state index is 12.4. The van der Waals surface area contributed by atoms with E-state index in [2.05, 4.69) is 21.2 Å². The summed E-state index contributed by atoms with van der Waals surface area (Å²) in [5.74, 6) is -0.362. The Bertz CT molecular complexity index is 858. The largest absolute Gasteiger partial charge is 0.493 e. The summed E-state index contributed by atoms with van der Waals surface area (Å²) < 4.78 is 21.1. The Hall–Kier alpha value is -2.45. The van der Waals surface area contributed by atoms with E-state index >= 15 is 0 Å². The summed E-state index contributed by atoms with van der Waals surface area (Å²) in [6, 6.07) is 8.05. The fraction of sp³-hybridized carbons (Fsp3) is 0.222. The fourth-order valence-corrected chi connectivity index (χ4v) is 3.05. The van der Waals surface area contributed by atoms with Crippen LogP contribution in [-0.2, 0) is 9.53 Å². The second kappa shape index (κ2) is 9.48. The lowest BCUT2D eigenvalue weighted by Crippen LogP contribution is -2.21. The van der Waals surface area contributed by atoms with E-state index in [9.17, 15) is 9.59 Å². The standard InChI is InChI=1S/C18H17BrClNO6/c1-24-13-8-12(15(19)17(26-3)16(13)25-2)18(23)27-9-14(22)21-11-6-4-5-10(20)7-11/h4-8H,9H2,1-3H3,(H,21,22). The van der Waals surface area contributed by atoms with E-state index in [0.717, 1.165) is 0 Å². The minimum absolute atomic E-state index is 0.125. The van der Waals surface area contributed by atoms with Crippen molar-refractivity contribution in [1.82, 2.24) is 0 Å². The van der Waals surface area contributed by atoms with Crippen molar-refractivity contribution in [2.24, 2.45) is 0 Å². The zero-order valence-electron chi connectivity index (χ0n) is 14.8. The van der Waals surface area contributed by atoms with E-state index in [1.54, 1.807) is 24.3 Å². The molecule has 0 saturated carbocycles. The molecule has 0 saturated heterocycles. The molecule has 0 unspecified atom stereocenters. The number of amides is 1. The topological polar surface area (TPSA) is 83.1 Å². The number of rotatable bonds is 7. The van der Waals surface area contributed by atoms with Gasteiger partial charge in [0.05, 0.1) is 31.4 Å². The molecule has 2 rings (SSSR count). The quantitative estimate of drug-likeness (QED) is 0.633. The highest BCUT2D eigenvalue weighted by molar-refractivity contribution is 9.10. The third-order valence-corrected chi connectivity index (χ3v) is 4.45. The van der Waals surface area contributed by atoms with Crippen LogP contribution in [0.4, 0.5) is 5.69 Å².